The highest BCUT2D eigenvalue weighted by Crippen LogP contribution is 2.22. The third-order valence-corrected chi connectivity index (χ3v) is 4.49. The van der Waals surface area contributed by atoms with Gasteiger partial charge >= 0.3 is 0 Å². The first-order chi connectivity index (χ1) is 12.3. The second-order valence-corrected chi connectivity index (χ2v) is 6.16. The van der Waals surface area contributed by atoms with Crippen molar-refractivity contribution in [1.82, 2.24) is 10.2 Å². The van der Waals surface area contributed by atoms with Crippen molar-refractivity contribution in [2.75, 3.05) is 32.8 Å². The largest absolute Gasteiger partial charge is 0.379 e. The van der Waals surface area contributed by atoms with Crippen LogP contribution in [-0.4, -0.2) is 37.7 Å². The summed E-state index contributed by atoms with van der Waals surface area (Å²) in [5.41, 5.74) is 2.91. The highest BCUT2D eigenvalue weighted by Gasteiger charge is 2.22. The molecule has 25 heavy (non-hydrogen) atoms. The van der Waals surface area contributed by atoms with E-state index in [4.69, 9.17) is 10.00 Å². The molecule has 1 aliphatic heterocycles. The van der Waals surface area contributed by atoms with Gasteiger partial charge in [0.15, 0.2) is 0 Å². The molecule has 130 valence electrons. The lowest BCUT2D eigenvalue weighted by molar-refractivity contribution is 0.0161. The maximum atomic E-state index is 13.3. The van der Waals surface area contributed by atoms with E-state index in [0.717, 1.165) is 50.5 Å². The zero-order chi connectivity index (χ0) is 17.5. The first-order valence-corrected chi connectivity index (χ1v) is 8.53. The maximum Gasteiger partial charge on any atom is 0.123 e. The second-order valence-electron chi connectivity index (χ2n) is 6.16. The third kappa shape index (κ3) is 4.86. The van der Waals surface area contributed by atoms with Crippen molar-refractivity contribution >= 4 is 0 Å². The van der Waals surface area contributed by atoms with E-state index in [9.17, 15) is 4.39 Å². The van der Waals surface area contributed by atoms with Gasteiger partial charge in [-0.1, -0.05) is 24.3 Å². The van der Waals surface area contributed by atoms with Crippen LogP contribution < -0.4 is 5.32 Å². The Morgan fingerprint density at radius 1 is 1.08 bits per heavy atom. The maximum absolute atomic E-state index is 13.3. The fourth-order valence-electron chi connectivity index (χ4n) is 3.08. The van der Waals surface area contributed by atoms with Gasteiger partial charge in [-0.15, -0.1) is 0 Å². The van der Waals surface area contributed by atoms with E-state index in [1.165, 1.54) is 12.1 Å². The topological polar surface area (TPSA) is 48.3 Å². The number of nitrogens with zero attached hydrogens (tertiary/aromatic N) is 2. The number of hydrogen-bond acceptors (Lipinski definition) is 4. The number of nitriles is 1. The zero-order valence-electron chi connectivity index (χ0n) is 14.1. The summed E-state index contributed by atoms with van der Waals surface area (Å²) in [5, 5.41) is 12.3. The fourth-order valence-corrected chi connectivity index (χ4v) is 3.08. The van der Waals surface area contributed by atoms with Gasteiger partial charge < -0.3 is 10.1 Å². The molecule has 1 aliphatic rings. The minimum atomic E-state index is -0.213. The average Bonchev–Trinajstić information content (AvgIpc) is 2.67. The van der Waals surface area contributed by atoms with Gasteiger partial charge in [-0.2, -0.15) is 5.26 Å². The van der Waals surface area contributed by atoms with Gasteiger partial charge in [0.2, 0.25) is 0 Å². The molecule has 0 aliphatic carbocycles. The monoisotopic (exact) mass is 339 g/mol. The standard InChI is InChI=1S/C20H22FN3O/c21-19-7-5-18(6-8-19)20(24-9-11-25-12-10-24)15-23-14-17-3-1-16(13-22)2-4-17/h1-8,20,23H,9-12,14-15H2. The van der Waals surface area contributed by atoms with E-state index in [1.807, 2.05) is 36.4 Å². The number of nitrogens with one attached hydrogen (secondary N) is 1. The molecule has 0 bridgehead atoms. The van der Waals surface area contributed by atoms with Crippen LogP contribution in [0.1, 0.15) is 22.7 Å². The van der Waals surface area contributed by atoms with Gasteiger partial charge in [-0.3, -0.25) is 4.90 Å². The quantitative estimate of drug-likeness (QED) is 0.879. The lowest BCUT2D eigenvalue weighted by atomic mass is 10.0. The Labute approximate surface area is 147 Å². The molecule has 1 fully saturated rings. The summed E-state index contributed by atoms with van der Waals surface area (Å²) in [7, 11) is 0. The van der Waals surface area contributed by atoms with Gasteiger partial charge in [-0.05, 0) is 35.4 Å². The van der Waals surface area contributed by atoms with Crippen LogP contribution in [0.3, 0.4) is 0 Å². The highest BCUT2D eigenvalue weighted by molar-refractivity contribution is 5.31. The van der Waals surface area contributed by atoms with Crippen LogP contribution in [0.5, 0.6) is 0 Å². The molecule has 1 heterocycles. The van der Waals surface area contributed by atoms with E-state index in [2.05, 4.69) is 16.3 Å². The Hall–Kier alpha value is -2.26. The van der Waals surface area contributed by atoms with Crippen molar-refractivity contribution in [3.63, 3.8) is 0 Å². The molecule has 2 aromatic rings. The van der Waals surface area contributed by atoms with Gasteiger partial charge in [0, 0.05) is 32.2 Å². The Morgan fingerprint density at radius 3 is 2.40 bits per heavy atom. The lowest BCUT2D eigenvalue weighted by Crippen LogP contribution is -2.42. The predicted octanol–water partition coefficient (Wildman–Crippen LogP) is 2.86. The molecule has 4 nitrogen and oxygen atoms in total. The molecule has 1 atom stereocenters. The van der Waals surface area contributed by atoms with E-state index in [0.29, 0.717) is 5.56 Å². The second kappa shape index (κ2) is 8.72. The fraction of sp³-hybridized carbons (Fsp3) is 0.350. The molecule has 0 radical (unpaired) electrons. The Morgan fingerprint density at radius 2 is 1.76 bits per heavy atom. The van der Waals surface area contributed by atoms with E-state index in [1.54, 1.807) is 0 Å². The summed E-state index contributed by atoms with van der Waals surface area (Å²) in [5.74, 6) is -0.213. The van der Waals surface area contributed by atoms with E-state index >= 15 is 0 Å². The molecule has 1 N–H and O–H groups in total. The van der Waals surface area contributed by atoms with Gasteiger partial charge in [-0.25, -0.2) is 4.39 Å². The van der Waals surface area contributed by atoms with Gasteiger partial charge in [0.25, 0.3) is 0 Å². The SMILES string of the molecule is N#Cc1ccc(CNCC(c2ccc(F)cc2)N2CCOCC2)cc1. The highest BCUT2D eigenvalue weighted by atomic mass is 19.1. The number of benzene rings is 2. The number of morpholine rings is 1. The summed E-state index contributed by atoms with van der Waals surface area (Å²) in [6.45, 7) is 4.71. The molecular weight excluding hydrogens is 317 g/mol. The van der Waals surface area contributed by atoms with Crippen LogP contribution in [0, 0.1) is 17.1 Å². The molecule has 0 spiro atoms. The number of rotatable bonds is 6. The molecule has 0 saturated carbocycles. The van der Waals surface area contributed by atoms with Crippen LogP contribution in [0.4, 0.5) is 4.39 Å². The summed E-state index contributed by atoms with van der Waals surface area (Å²) < 4.78 is 18.7. The van der Waals surface area contributed by atoms with E-state index in [-0.39, 0.29) is 11.9 Å². The zero-order valence-corrected chi connectivity index (χ0v) is 14.1. The van der Waals surface area contributed by atoms with Crippen molar-refractivity contribution in [2.24, 2.45) is 0 Å². The summed E-state index contributed by atoms with van der Waals surface area (Å²) in [4.78, 5) is 2.38. The molecule has 5 heteroatoms. The molecule has 1 saturated heterocycles. The minimum Gasteiger partial charge on any atom is -0.379 e. The normalized spacial score (nSPS) is 16.3. The summed E-state index contributed by atoms with van der Waals surface area (Å²) >= 11 is 0. The van der Waals surface area contributed by atoms with Crippen molar-refractivity contribution in [3.8, 4) is 6.07 Å². The number of hydrogen-bond donors (Lipinski definition) is 1. The lowest BCUT2D eigenvalue weighted by Gasteiger charge is -2.35. The molecule has 0 amide bonds. The first kappa shape index (κ1) is 17.6. The smallest absolute Gasteiger partial charge is 0.123 e. The number of ether oxygens (including phenoxy) is 1. The Balaban J connectivity index is 1.64. The molecular formula is C20H22FN3O. The van der Waals surface area contributed by atoms with Crippen LogP contribution in [-0.2, 0) is 11.3 Å². The van der Waals surface area contributed by atoms with Crippen LogP contribution in [0.15, 0.2) is 48.5 Å². The molecule has 2 aromatic carbocycles. The number of halogens is 1. The Kier molecular flexibility index (Phi) is 6.13. The Bertz CT molecular complexity index is 703. The predicted molar refractivity (Wildman–Crippen MR) is 94.4 cm³/mol. The minimum absolute atomic E-state index is 0.183. The van der Waals surface area contributed by atoms with Crippen molar-refractivity contribution < 1.29 is 9.13 Å². The third-order valence-electron chi connectivity index (χ3n) is 4.49. The van der Waals surface area contributed by atoms with Gasteiger partial charge in [0.05, 0.1) is 24.8 Å². The summed E-state index contributed by atoms with van der Waals surface area (Å²) in [6.07, 6.45) is 0. The van der Waals surface area contributed by atoms with Crippen molar-refractivity contribution in [3.05, 3.63) is 71.0 Å². The van der Waals surface area contributed by atoms with Crippen LogP contribution >= 0.6 is 0 Å². The van der Waals surface area contributed by atoms with E-state index < -0.39 is 0 Å². The molecule has 3 rings (SSSR count). The van der Waals surface area contributed by atoms with Crippen LogP contribution in [0.2, 0.25) is 0 Å². The average molecular weight is 339 g/mol. The van der Waals surface area contributed by atoms with Gasteiger partial charge in [0.1, 0.15) is 5.82 Å². The molecule has 0 aromatic heterocycles. The van der Waals surface area contributed by atoms with Crippen molar-refractivity contribution in [1.29, 1.82) is 5.26 Å². The summed E-state index contributed by atoms with van der Waals surface area (Å²) in [6, 6.07) is 16.7. The first-order valence-electron chi connectivity index (χ1n) is 8.53. The van der Waals surface area contributed by atoms with Crippen molar-refractivity contribution in [2.45, 2.75) is 12.6 Å². The van der Waals surface area contributed by atoms with Crippen LogP contribution in [0.25, 0.3) is 0 Å². The molecule has 1 unspecified atom stereocenters.